The first kappa shape index (κ1) is 18.1. The highest BCUT2D eigenvalue weighted by Gasteiger charge is 2.05. The topological polar surface area (TPSA) is 29.1 Å². The standard InChI is InChI=1S/C19H22BrNOS/c1-2-3-6-15-9-11-17(12-10-15)21-19(22)14-23-13-16-7-4-5-8-18(16)20/h4-5,7-12H,2-3,6,13-14H2,1H3,(H,21,22). The number of hydrogen-bond acceptors (Lipinski definition) is 2. The van der Waals surface area contributed by atoms with Crippen LogP contribution < -0.4 is 5.32 Å². The average Bonchev–Trinajstić information content (AvgIpc) is 2.56. The van der Waals surface area contributed by atoms with Gasteiger partial charge in [0, 0.05) is 15.9 Å². The predicted octanol–water partition coefficient (Wildman–Crippen LogP) is 5.66. The molecule has 0 fully saturated rings. The molecule has 2 aromatic carbocycles. The second-order valence-corrected chi connectivity index (χ2v) is 7.27. The number of carbonyl (C=O) groups is 1. The summed E-state index contributed by atoms with van der Waals surface area (Å²) in [6.07, 6.45) is 3.51. The molecule has 0 aliphatic heterocycles. The number of nitrogens with one attached hydrogen (secondary N) is 1. The van der Waals surface area contributed by atoms with E-state index in [0.29, 0.717) is 5.75 Å². The van der Waals surface area contributed by atoms with Gasteiger partial charge >= 0.3 is 0 Å². The maximum Gasteiger partial charge on any atom is 0.234 e. The van der Waals surface area contributed by atoms with E-state index in [0.717, 1.165) is 22.3 Å². The number of hydrogen-bond donors (Lipinski definition) is 1. The molecule has 0 aromatic heterocycles. The fourth-order valence-corrected chi connectivity index (χ4v) is 3.64. The van der Waals surface area contributed by atoms with Gasteiger partial charge in [-0.3, -0.25) is 4.79 Å². The summed E-state index contributed by atoms with van der Waals surface area (Å²) in [7, 11) is 0. The van der Waals surface area contributed by atoms with Crippen LogP contribution in [0.15, 0.2) is 53.0 Å². The van der Waals surface area contributed by atoms with Gasteiger partial charge in [-0.15, -0.1) is 11.8 Å². The summed E-state index contributed by atoms with van der Waals surface area (Å²) in [5, 5.41) is 2.95. The van der Waals surface area contributed by atoms with Gasteiger partial charge in [0.2, 0.25) is 5.91 Å². The van der Waals surface area contributed by atoms with Crippen LogP contribution in [0, 0.1) is 0 Å². The van der Waals surface area contributed by atoms with Gasteiger partial charge in [-0.05, 0) is 42.2 Å². The van der Waals surface area contributed by atoms with Crippen molar-refractivity contribution in [1.29, 1.82) is 0 Å². The van der Waals surface area contributed by atoms with Crippen molar-refractivity contribution < 1.29 is 4.79 Å². The number of rotatable bonds is 8. The van der Waals surface area contributed by atoms with Crippen LogP contribution in [-0.2, 0) is 17.0 Å². The molecule has 2 aromatic rings. The fourth-order valence-electron chi connectivity index (χ4n) is 2.20. The van der Waals surface area contributed by atoms with E-state index in [9.17, 15) is 4.79 Å². The zero-order valence-electron chi connectivity index (χ0n) is 13.3. The highest BCUT2D eigenvalue weighted by molar-refractivity contribution is 9.10. The average molecular weight is 392 g/mol. The van der Waals surface area contributed by atoms with E-state index in [2.05, 4.69) is 46.4 Å². The molecule has 0 aliphatic carbocycles. The van der Waals surface area contributed by atoms with E-state index in [-0.39, 0.29) is 5.91 Å². The Hall–Kier alpha value is -1.26. The summed E-state index contributed by atoms with van der Waals surface area (Å²) >= 11 is 5.15. The van der Waals surface area contributed by atoms with Crippen molar-refractivity contribution in [3.63, 3.8) is 0 Å². The largest absolute Gasteiger partial charge is 0.325 e. The van der Waals surface area contributed by atoms with Crippen LogP contribution >= 0.6 is 27.7 Å². The molecule has 2 rings (SSSR count). The summed E-state index contributed by atoms with van der Waals surface area (Å²) in [6.45, 7) is 2.19. The monoisotopic (exact) mass is 391 g/mol. The number of benzene rings is 2. The lowest BCUT2D eigenvalue weighted by atomic mass is 10.1. The van der Waals surface area contributed by atoms with Crippen molar-refractivity contribution >= 4 is 39.3 Å². The third kappa shape index (κ3) is 6.40. The van der Waals surface area contributed by atoms with Crippen molar-refractivity contribution in [2.45, 2.75) is 31.9 Å². The van der Waals surface area contributed by atoms with Crippen molar-refractivity contribution in [2.75, 3.05) is 11.1 Å². The van der Waals surface area contributed by atoms with E-state index < -0.39 is 0 Å². The molecule has 0 atom stereocenters. The number of halogens is 1. The molecule has 0 radical (unpaired) electrons. The molecule has 0 spiro atoms. The maximum atomic E-state index is 12.0. The Kier molecular flexibility index (Phi) is 7.69. The number of aryl methyl sites for hydroxylation is 1. The predicted molar refractivity (Wildman–Crippen MR) is 104 cm³/mol. The van der Waals surface area contributed by atoms with Crippen LogP contribution in [0.3, 0.4) is 0 Å². The number of anilines is 1. The summed E-state index contributed by atoms with van der Waals surface area (Å²) in [5.74, 6) is 1.33. The Bertz CT molecular complexity index is 628. The van der Waals surface area contributed by atoms with Crippen molar-refractivity contribution in [3.05, 3.63) is 64.1 Å². The minimum Gasteiger partial charge on any atom is -0.325 e. The molecule has 1 N–H and O–H groups in total. The van der Waals surface area contributed by atoms with Gasteiger partial charge in [-0.2, -0.15) is 0 Å². The SMILES string of the molecule is CCCCc1ccc(NC(=O)CSCc2ccccc2Br)cc1. The van der Waals surface area contributed by atoms with Crippen LogP contribution in [0.2, 0.25) is 0 Å². The summed E-state index contributed by atoms with van der Waals surface area (Å²) < 4.78 is 1.09. The Balaban J connectivity index is 1.75. The van der Waals surface area contributed by atoms with Gasteiger partial charge in [0.05, 0.1) is 5.75 Å². The first-order valence-corrected chi connectivity index (χ1v) is 9.83. The van der Waals surface area contributed by atoms with Crippen LogP contribution in [-0.4, -0.2) is 11.7 Å². The van der Waals surface area contributed by atoms with Crippen molar-refractivity contribution in [1.82, 2.24) is 0 Å². The molecular formula is C19H22BrNOS. The number of unbranched alkanes of at least 4 members (excludes halogenated alkanes) is 1. The van der Waals surface area contributed by atoms with Crippen LogP contribution in [0.1, 0.15) is 30.9 Å². The van der Waals surface area contributed by atoms with Gasteiger partial charge in [-0.25, -0.2) is 0 Å². The molecule has 23 heavy (non-hydrogen) atoms. The quantitative estimate of drug-likeness (QED) is 0.628. The molecule has 0 unspecified atom stereocenters. The van der Waals surface area contributed by atoms with E-state index in [1.165, 1.54) is 24.0 Å². The zero-order valence-corrected chi connectivity index (χ0v) is 15.8. The number of thioether (sulfide) groups is 1. The van der Waals surface area contributed by atoms with Crippen molar-refractivity contribution in [2.24, 2.45) is 0 Å². The van der Waals surface area contributed by atoms with E-state index >= 15 is 0 Å². The van der Waals surface area contributed by atoms with Gasteiger partial charge in [-0.1, -0.05) is 59.6 Å². The maximum absolute atomic E-state index is 12.0. The number of carbonyl (C=O) groups excluding carboxylic acids is 1. The Morgan fingerprint density at radius 1 is 1.13 bits per heavy atom. The second kappa shape index (κ2) is 9.78. The highest BCUT2D eigenvalue weighted by Crippen LogP contribution is 2.21. The Labute approximate surface area is 151 Å². The third-order valence-corrected chi connectivity index (χ3v) is 5.26. The minimum absolute atomic E-state index is 0.0448. The summed E-state index contributed by atoms with van der Waals surface area (Å²) in [6, 6.07) is 16.3. The molecule has 0 bridgehead atoms. The lowest BCUT2D eigenvalue weighted by molar-refractivity contribution is -0.113. The van der Waals surface area contributed by atoms with Crippen LogP contribution in [0.25, 0.3) is 0 Å². The normalized spacial score (nSPS) is 10.5. The van der Waals surface area contributed by atoms with Crippen LogP contribution in [0.5, 0.6) is 0 Å². The van der Waals surface area contributed by atoms with E-state index in [1.54, 1.807) is 11.8 Å². The first-order chi connectivity index (χ1) is 11.2. The summed E-state index contributed by atoms with van der Waals surface area (Å²) in [5.41, 5.74) is 3.41. The third-order valence-electron chi connectivity index (χ3n) is 3.51. The fraction of sp³-hybridized carbons (Fsp3) is 0.316. The van der Waals surface area contributed by atoms with Gasteiger partial charge < -0.3 is 5.32 Å². The molecule has 2 nitrogen and oxygen atoms in total. The molecular weight excluding hydrogens is 370 g/mol. The van der Waals surface area contributed by atoms with Gasteiger partial charge in [0.25, 0.3) is 0 Å². The molecule has 0 saturated carbocycles. The lowest BCUT2D eigenvalue weighted by Crippen LogP contribution is -2.14. The Morgan fingerprint density at radius 3 is 2.57 bits per heavy atom. The first-order valence-electron chi connectivity index (χ1n) is 7.89. The van der Waals surface area contributed by atoms with E-state index in [1.807, 2.05) is 30.3 Å². The molecule has 0 heterocycles. The lowest BCUT2D eigenvalue weighted by Gasteiger charge is -2.07. The van der Waals surface area contributed by atoms with Gasteiger partial charge in [0.1, 0.15) is 0 Å². The van der Waals surface area contributed by atoms with E-state index in [4.69, 9.17) is 0 Å². The zero-order chi connectivity index (χ0) is 16.5. The highest BCUT2D eigenvalue weighted by atomic mass is 79.9. The minimum atomic E-state index is 0.0448. The Morgan fingerprint density at radius 2 is 1.87 bits per heavy atom. The number of amides is 1. The summed E-state index contributed by atoms with van der Waals surface area (Å²) in [4.78, 5) is 12.0. The molecule has 122 valence electrons. The van der Waals surface area contributed by atoms with Gasteiger partial charge in [0.15, 0.2) is 0 Å². The molecule has 4 heteroatoms. The molecule has 1 amide bonds. The molecule has 0 saturated heterocycles. The van der Waals surface area contributed by atoms with Crippen LogP contribution in [0.4, 0.5) is 5.69 Å². The second-order valence-electron chi connectivity index (χ2n) is 5.43. The molecule has 0 aliphatic rings. The smallest absolute Gasteiger partial charge is 0.234 e. The van der Waals surface area contributed by atoms with Crippen molar-refractivity contribution in [3.8, 4) is 0 Å².